The van der Waals surface area contributed by atoms with Crippen LogP contribution in [-0.2, 0) is 6.54 Å². The number of aliphatic hydroxyl groups is 1. The lowest BCUT2D eigenvalue weighted by Gasteiger charge is -2.16. The van der Waals surface area contributed by atoms with Crippen LogP contribution in [0.3, 0.4) is 0 Å². The number of fused-ring (bicyclic) bond motifs is 1. The van der Waals surface area contributed by atoms with Crippen LogP contribution in [0, 0.1) is 17.1 Å². The fourth-order valence-electron chi connectivity index (χ4n) is 3.41. The predicted molar refractivity (Wildman–Crippen MR) is 125 cm³/mol. The lowest BCUT2D eigenvalue weighted by Crippen LogP contribution is -2.01. The van der Waals surface area contributed by atoms with Crippen molar-refractivity contribution in [2.45, 2.75) is 6.54 Å². The van der Waals surface area contributed by atoms with Crippen LogP contribution in [0.5, 0.6) is 0 Å². The number of aromatic nitrogens is 2. The van der Waals surface area contributed by atoms with Gasteiger partial charge in [-0.05, 0) is 47.3 Å². The van der Waals surface area contributed by atoms with Crippen LogP contribution in [0.1, 0.15) is 16.8 Å². The SMILES string of the molecule is N#Cc1ccc2c(C=CCO)cc(NCc3cnc[nH]3)cc2c1Nc1ccc(F)c(Cl)c1. The number of hydrogen-bond acceptors (Lipinski definition) is 5. The summed E-state index contributed by atoms with van der Waals surface area (Å²) in [6.07, 6.45) is 6.83. The molecule has 0 aliphatic heterocycles. The number of aromatic amines is 1. The predicted octanol–water partition coefficient (Wildman–Crippen LogP) is 5.59. The van der Waals surface area contributed by atoms with E-state index in [0.29, 0.717) is 23.5 Å². The molecule has 32 heavy (non-hydrogen) atoms. The number of halogens is 2. The molecule has 1 aromatic heterocycles. The minimum Gasteiger partial charge on any atom is -0.392 e. The highest BCUT2D eigenvalue weighted by Crippen LogP contribution is 2.35. The van der Waals surface area contributed by atoms with Gasteiger partial charge >= 0.3 is 0 Å². The van der Waals surface area contributed by atoms with E-state index in [2.05, 4.69) is 26.7 Å². The third kappa shape index (κ3) is 4.57. The fraction of sp³-hybridized carbons (Fsp3) is 0.0833. The standard InChI is InChI=1S/C24H19ClFN5O/c25-22-10-17(4-6-23(22)26)31-24-16(11-27)3-5-20-15(2-1-7-32)8-18(9-21(20)24)29-13-19-12-28-14-30-19/h1-6,8-10,12,14,29,31-32H,7,13H2,(H,28,30). The summed E-state index contributed by atoms with van der Waals surface area (Å²) in [7, 11) is 0. The maximum absolute atomic E-state index is 13.6. The smallest absolute Gasteiger partial charge is 0.141 e. The molecule has 0 spiro atoms. The second-order valence-electron chi connectivity index (χ2n) is 7.03. The molecule has 4 rings (SSSR count). The van der Waals surface area contributed by atoms with Crippen molar-refractivity contribution in [2.75, 3.05) is 17.2 Å². The van der Waals surface area contributed by atoms with Crippen molar-refractivity contribution < 1.29 is 9.50 Å². The largest absolute Gasteiger partial charge is 0.392 e. The van der Waals surface area contributed by atoms with Crippen molar-refractivity contribution in [3.63, 3.8) is 0 Å². The molecule has 8 heteroatoms. The van der Waals surface area contributed by atoms with Gasteiger partial charge in [-0.1, -0.05) is 29.8 Å². The van der Waals surface area contributed by atoms with E-state index in [1.54, 1.807) is 30.7 Å². The molecule has 0 unspecified atom stereocenters. The maximum Gasteiger partial charge on any atom is 0.141 e. The summed E-state index contributed by atoms with van der Waals surface area (Å²) < 4.78 is 13.6. The van der Waals surface area contributed by atoms with Crippen LogP contribution in [0.2, 0.25) is 5.02 Å². The number of hydrogen-bond donors (Lipinski definition) is 4. The first-order chi connectivity index (χ1) is 15.6. The zero-order chi connectivity index (χ0) is 22.5. The number of nitrogens with zero attached hydrogens (tertiary/aromatic N) is 2. The van der Waals surface area contributed by atoms with Crippen molar-refractivity contribution in [1.82, 2.24) is 9.97 Å². The number of nitrogens with one attached hydrogen (secondary N) is 3. The van der Waals surface area contributed by atoms with Gasteiger partial charge in [0.1, 0.15) is 11.9 Å². The Bertz CT molecular complexity index is 1330. The van der Waals surface area contributed by atoms with Crippen molar-refractivity contribution >= 4 is 45.5 Å². The Hall–Kier alpha value is -3.86. The van der Waals surface area contributed by atoms with E-state index in [0.717, 1.165) is 27.7 Å². The lowest BCUT2D eigenvalue weighted by molar-refractivity contribution is 0.343. The zero-order valence-corrected chi connectivity index (χ0v) is 17.6. The van der Waals surface area contributed by atoms with Crippen molar-refractivity contribution in [1.29, 1.82) is 5.26 Å². The van der Waals surface area contributed by atoms with Crippen LogP contribution in [-0.4, -0.2) is 21.7 Å². The van der Waals surface area contributed by atoms with E-state index in [1.807, 2.05) is 24.3 Å². The van der Waals surface area contributed by atoms with Crippen LogP contribution in [0.15, 0.2) is 61.1 Å². The van der Waals surface area contributed by atoms with Gasteiger partial charge in [0, 0.05) is 23.0 Å². The van der Waals surface area contributed by atoms with Crippen molar-refractivity contribution in [2.24, 2.45) is 0 Å². The zero-order valence-electron chi connectivity index (χ0n) is 16.9. The second kappa shape index (κ2) is 9.52. The molecule has 0 radical (unpaired) electrons. The minimum absolute atomic E-state index is 0.0118. The third-order valence-electron chi connectivity index (χ3n) is 4.92. The van der Waals surface area contributed by atoms with Gasteiger partial charge in [0.2, 0.25) is 0 Å². The topological polar surface area (TPSA) is 96.8 Å². The number of rotatable bonds is 7. The van der Waals surface area contributed by atoms with E-state index in [1.165, 1.54) is 12.1 Å². The number of aliphatic hydroxyl groups excluding tert-OH is 1. The van der Waals surface area contributed by atoms with E-state index in [4.69, 9.17) is 11.6 Å². The number of H-pyrrole nitrogens is 1. The molecule has 0 atom stereocenters. The lowest BCUT2D eigenvalue weighted by atomic mass is 9.98. The normalized spacial score (nSPS) is 11.1. The molecule has 0 aliphatic carbocycles. The maximum atomic E-state index is 13.6. The number of nitriles is 1. The summed E-state index contributed by atoms with van der Waals surface area (Å²) >= 11 is 5.94. The highest BCUT2D eigenvalue weighted by Gasteiger charge is 2.13. The molecule has 0 saturated carbocycles. The van der Waals surface area contributed by atoms with Gasteiger partial charge in [-0.3, -0.25) is 0 Å². The first-order valence-corrected chi connectivity index (χ1v) is 10.2. The van der Waals surface area contributed by atoms with Gasteiger partial charge in [-0.2, -0.15) is 5.26 Å². The van der Waals surface area contributed by atoms with Gasteiger partial charge in [0.15, 0.2) is 0 Å². The molecule has 4 aromatic rings. The Morgan fingerprint density at radius 1 is 1.16 bits per heavy atom. The Morgan fingerprint density at radius 3 is 2.75 bits per heavy atom. The molecular formula is C24H19ClFN5O. The number of benzene rings is 3. The molecule has 0 bridgehead atoms. The quantitative estimate of drug-likeness (QED) is 0.296. The van der Waals surface area contributed by atoms with Crippen molar-refractivity contribution in [3.8, 4) is 6.07 Å². The van der Waals surface area contributed by atoms with Crippen LogP contribution in [0.4, 0.5) is 21.5 Å². The highest BCUT2D eigenvalue weighted by molar-refractivity contribution is 6.31. The summed E-state index contributed by atoms with van der Waals surface area (Å²) in [6.45, 7) is 0.436. The van der Waals surface area contributed by atoms with E-state index in [9.17, 15) is 14.8 Å². The third-order valence-corrected chi connectivity index (χ3v) is 5.21. The molecule has 0 saturated heterocycles. The molecule has 0 amide bonds. The molecule has 1 heterocycles. The summed E-state index contributed by atoms with van der Waals surface area (Å²) in [4.78, 5) is 7.07. The molecule has 6 nitrogen and oxygen atoms in total. The van der Waals surface area contributed by atoms with Gasteiger partial charge in [0.05, 0.1) is 41.4 Å². The summed E-state index contributed by atoms with van der Waals surface area (Å²) in [5.74, 6) is -0.516. The van der Waals surface area contributed by atoms with E-state index in [-0.39, 0.29) is 11.6 Å². The van der Waals surface area contributed by atoms with Crippen LogP contribution in [0.25, 0.3) is 16.8 Å². The monoisotopic (exact) mass is 447 g/mol. The summed E-state index contributed by atoms with van der Waals surface area (Å²) in [6, 6.07) is 14.0. The van der Waals surface area contributed by atoms with E-state index < -0.39 is 5.82 Å². The highest BCUT2D eigenvalue weighted by atomic mass is 35.5. The molecule has 3 aromatic carbocycles. The molecule has 160 valence electrons. The molecule has 0 fully saturated rings. The summed E-state index contributed by atoms with van der Waals surface area (Å²) in [5.41, 5.74) is 4.18. The number of imidazole rings is 1. The van der Waals surface area contributed by atoms with Gasteiger partial charge in [0.25, 0.3) is 0 Å². The Morgan fingerprint density at radius 2 is 2.03 bits per heavy atom. The minimum atomic E-state index is -0.516. The Kier molecular flexibility index (Phi) is 6.36. The average molecular weight is 448 g/mol. The van der Waals surface area contributed by atoms with Gasteiger partial charge in [-0.15, -0.1) is 0 Å². The Labute approximate surface area is 189 Å². The Balaban J connectivity index is 1.84. The molecule has 0 aliphatic rings. The first-order valence-electron chi connectivity index (χ1n) is 9.80. The van der Waals surface area contributed by atoms with Crippen molar-refractivity contribution in [3.05, 3.63) is 88.7 Å². The van der Waals surface area contributed by atoms with Gasteiger partial charge in [-0.25, -0.2) is 9.37 Å². The van der Waals surface area contributed by atoms with E-state index >= 15 is 0 Å². The fourth-order valence-corrected chi connectivity index (χ4v) is 3.59. The molecule has 4 N–H and O–H groups in total. The second-order valence-corrected chi connectivity index (χ2v) is 7.44. The first kappa shape index (κ1) is 21.4. The molecular weight excluding hydrogens is 429 g/mol. The van der Waals surface area contributed by atoms with Crippen LogP contribution < -0.4 is 10.6 Å². The van der Waals surface area contributed by atoms with Gasteiger partial charge < -0.3 is 20.7 Å². The average Bonchev–Trinajstić information content (AvgIpc) is 3.32. The number of anilines is 3. The summed E-state index contributed by atoms with van der Waals surface area (Å²) in [5, 5.41) is 27.2. The van der Waals surface area contributed by atoms with Crippen LogP contribution >= 0.6 is 11.6 Å².